The van der Waals surface area contributed by atoms with E-state index in [0.717, 1.165) is 14.4 Å². The predicted octanol–water partition coefficient (Wildman–Crippen LogP) is 3.85. The van der Waals surface area contributed by atoms with Crippen molar-refractivity contribution >= 4 is 21.6 Å². The first-order chi connectivity index (χ1) is 15.4. The molecule has 0 aliphatic rings. The lowest BCUT2D eigenvalue weighted by molar-refractivity contribution is -0.141. The number of carbonyl (C=O) groups excluding carboxylic acids is 1. The molecule has 176 valence electrons. The maximum absolute atomic E-state index is 12.8. The van der Waals surface area contributed by atoms with Crippen LogP contribution in [0.1, 0.15) is 21.7 Å². The van der Waals surface area contributed by atoms with Crippen LogP contribution in [0.5, 0.6) is 0 Å². The molecule has 0 saturated heterocycles. The van der Waals surface area contributed by atoms with Crippen LogP contribution in [0.3, 0.4) is 0 Å². The molecule has 1 aromatic heterocycles. The molecule has 2 aromatic carbocycles. The number of anilines is 1. The fourth-order valence-corrected chi connectivity index (χ4v) is 4.35. The average molecular weight is 481 g/mol. The first kappa shape index (κ1) is 24.3. The standard InChI is InChI=1S/C22H23F3N4O3S/c1-16-4-10-19(11-5-16)33(31,32)28(3)18-8-6-17(7-9-18)21(30)27(2)14-20-26-12-13-29(20)15-22(23,24)25/h4-13H,14-15H2,1-3H3. The smallest absolute Gasteiger partial charge is 0.334 e. The van der Waals surface area contributed by atoms with Crippen LogP contribution in [0.15, 0.2) is 65.8 Å². The van der Waals surface area contributed by atoms with E-state index in [9.17, 15) is 26.4 Å². The van der Waals surface area contributed by atoms with Crippen molar-refractivity contribution in [3.8, 4) is 0 Å². The molecule has 0 saturated carbocycles. The highest BCUT2D eigenvalue weighted by molar-refractivity contribution is 7.92. The Balaban J connectivity index is 1.72. The normalized spacial score (nSPS) is 11.9. The van der Waals surface area contributed by atoms with Crippen LogP contribution in [-0.2, 0) is 23.1 Å². The van der Waals surface area contributed by atoms with Crippen molar-refractivity contribution < 1.29 is 26.4 Å². The number of aryl methyl sites for hydroxylation is 1. The van der Waals surface area contributed by atoms with E-state index in [4.69, 9.17) is 0 Å². The van der Waals surface area contributed by atoms with Crippen molar-refractivity contribution in [1.29, 1.82) is 0 Å². The number of hydrogen-bond acceptors (Lipinski definition) is 4. The largest absolute Gasteiger partial charge is 0.406 e. The molecule has 0 aliphatic heterocycles. The summed E-state index contributed by atoms with van der Waals surface area (Å²) in [5, 5.41) is 0. The van der Waals surface area contributed by atoms with E-state index in [2.05, 4.69) is 4.98 Å². The number of nitrogens with zero attached hydrogens (tertiary/aromatic N) is 4. The van der Waals surface area contributed by atoms with Gasteiger partial charge < -0.3 is 9.47 Å². The van der Waals surface area contributed by atoms with E-state index in [-0.39, 0.29) is 22.8 Å². The van der Waals surface area contributed by atoms with Crippen molar-refractivity contribution in [3.05, 3.63) is 77.9 Å². The molecule has 7 nitrogen and oxygen atoms in total. The summed E-state index contributed by atoms with van der Waals surface area (Å²) >= 11 is 0. The lowest BCUT2D eigenvalue weighted by atomic mass is 10.2. The fourth-order valence-electron chi connectivity index (χ4n) is 3.15. The molecular weight excluding hydrogens is 457 g/mol. The zero-order chi connectivity index (χ0) is 24.4. The number of rotatable bonds is 7. The second-order valence-electron chi connectivity index (χ2n) is 7.58. The van der Waals surface area contributed by atoms with Crippen molar-refractivity contribution in [1.82, 2.24) is 14.5 Å². The molecule has 1 amide bonds. The molecule has 0 aliphatic carbocycles. The summed E-state index contributed by atoms with van der Waals surface area (Å²) < 4.78 is 65.8. The Bertz CT molecular complexity index is 1220. The highest BCUT2D eigenvalue weighted by Gasteiger charge is 2.29. The van der Waals surface area contributed by atoms with Gasteiger partial charge in [-0.05, 0) is 43.3 Å². The number of alkyl halides is 3. The Kier molecular flexibility index (Phi) is 6.82. The Morgan fingerprint density at radius 1 is 1.03 bits per heavy atom. The van der Waals surface area contributed by atoms with Crippen LogP contribution in [0.4, 0.5) is 18.9 Å². The molecular formula is C22H23F3N4O3S. The number of hydrogen-bond donors (Lipinski definition) is 0. The number of imidazole rings is 1. The van der Waals surface area contributed by atoms with Gasteiger partial charge in [0, 0.05) is 32.1 Å². The minimum Gasteiger partial charge on any atom is -0.334 e. The van der Waals surface area contributed by atoms with Gasteiger partial charge in [-0.25, -0.2) is 13.4 Å². The number of sulfonamides is 1. The molecule has 0 fully saturated rings. The SMILES string of the molecule is Cc1ccc(S(=O)(=O)N(C)c2ccc(C(=O)N(C)Cc3nccn3CC(F)(F)F)cc2)cc1. The van der Waals surface area contributed by atoms with Crippen LogP contribution in [0, 0.1) is 6.92 Å². The van der Waals surface area contributed by atoms with Gasteiger partial charge in [-0.3, -0.25) is 9.10 Å². The number of carbonyl (C=O) groups is 1. The second kappa shape index (κ2) is 9.26. The first-order valence-electron chi connectivity index (χ1n) is 9.86. The van der Waals surface area contributed by atoms with E-state index in [1.807, 2.05) is 6.92 Å². The van der Waals surface area contributed by atoms with Crippen molar-refractivity contribution in [2.24, 2.45) is 0 Å². The highest BCUT2D eigenvalue weighted by atomic mass is 32.2. The van der Waals surface area contributed by atoms with Crippen LogP contribution in [0.2, 0.25) is 0 Å². The van der Waals surface area contributed by atoms with E-state index < -0.39 is 28.7 Å². The van der Waals surface area contributed by atoms with Crippen molar-refractivity contribution in [2.75, 3.05) is 18.4 Å². The van der Waals surface area contributed by atoms with Gasteiger partial charge in [0.25, 0.3) is 15.9 Å². The number of amides is 1. The van der Waals surface area contributed by atoms with Gasteiger partial charge in [0.1, 0.15) is 12.4 Å². The fraction of sp³-hybridized carbons (Fsp3) is 0.273. The van der Waals surface area contributed by atoms with E-state index in [1.165, 1.54) is 67.8 Å². The topological polar surface area (TPSA) is 75.5 Å². The third-order valence-electron chi connectivity index (χ3n) is 5.03. The minimum absolute atomic E-state index is 0.101. The van der Waals surface area contributed by atoms with Gasteiger partial charge in [-0.15, -0.1) is 0 Å². The summed E-state index contributed by atoms with van der Waals surface area (Å²) in [6.07, 6.45) is -1.95. The average Bonchev–Trinajstić information content (AvgIpc) is 3.17. The molecule has 0 unspecified atom stereocenters. The van der Waals surface area contributed by atoms with Crippen molar-refractivity contribution in [3.63, 3.8) is 0 Å². The third-order valence-corrected chi connectivity index (χ3v) is 6.83. The Labute approximate surface area is 190 Å². The molecule has 0 radical (unpaired) electrons. The van der Waals surface area contributed by atoms with Crippen LogP contribution in [0.25, 0.3) is 0 Å². The molecule has 0 N–H and O–H groups in total. The van der Waals surface area contributed by atoms with E-state index in [0.29, 0.717) is 5.69 Å². The van der Waals surface area contributed by atoms with Gasteiger partial charge in [0.15, 0.2) is 0 Å². The van der Waals surface area contributed by atoms with Gasteiger partial charge in [-0.1, -0.05) is 17.7 Å². The zero-order valence-electron chi connectivity index (χ0n) is 18.2. The maximum atomic E-state index is 12.8. The quantitative estimate of drug-likeness (QED) is 0.515. The molecule has 33 heavy (non-hydrogen) atoms. The number of benzene rings is 2. The molecule has 0 atom stereocenters. The van der Waals surface area contributed by atoms with Crippen molar-refractivity contribution in [2.45, 2.75) is 31.1 Å². The molecule has 0 bridgehead atoms. The van der Waals surface area contributed by atoms with Gasteiger partial charge >= 0.3 is 6.18 Å². The molecule has 0 spiro atoms. The zero-order valence-corrected chi connectivity index (χ0v) is 19.1. The summed E-state index contributed by atoms with van der Waals surface area (Å²) in [5.41, 5.74) is 1.55. The van der Waals surface area contributed by atoms with E-state index in [1.54, 1.807) is 12.1 Å². The summed E-state index contributed by atoms with van der Waals surface area (Å²) in [6, 6.07) is 12.4. The Morgan fingerprint density at radius 2 is 1.64 bits per heavy atom. The molecule has 11 heteroatoms. The summed E-state index contributed by atoms with van der Waals surface area (Å²) in [6.45, 7) is 0.544. The lowest BCUT2D eigenvalue weighted by Gasteiger charge is -2.21. The lowest BCUT2D eigenvalue weighted by Crippen LogP contribution is -2.29. The number of aromatic nitrogens is 2. The second-order valence-corrected chi connectivity index (χ2v) is 9.55. The van der Waals surface area contributed by atoms with Gasteiger partial charge in [0.2, 0.25) is 0 Å². The summed E-state index contributed by atoms with van der Waals surface area (Å²) in [4.78, 5) is 18.0. The van der Waals surface area contributed by atoms with Gasteiger partial charge in [-0.2, -0.15) is 13.2 Å². The van der Waals surface area contributed by atoms with Crippen LogP contribution in [-0.4, -0.2) is 49.0 Å². The summed E-state index contributed by atoms with van der Waals surface area (Å²) in [7, 11) is -0.907. The Hall–Kier alpha value is -3.34. The molecule has 3 rings (SSSR count). The monoisotopic (exact) mass is 480 g/mol. The molecule has 3 aromatic rings. The van der Waals surface area contributed by atoms with Crippen LogP contribution < -0.4 is 4.31 Å². The summed E-state index contributed by atoms with van der Waals surface area (Å²) in [5.74, 6) is -0.337. The first-order valence-corrected chi connectivity index (χ1v) is 11.3. The Morgan fingerprint density at radius 3 is 2.21 bits per heavy atom. The van der Waals surface area contributed by atoms with E-state index >= 15 is 0 Å². The minimum atomic E-state index is -4.40. The number of halogens is 3. The highest BCUT2D eigenvalue weighted by Crippen LogP contribution is 2.23. The third kappa shape index (κ3) is 5.72. The van der Waals surface area contributed by atoms with Gasteiger partial charge in [0.05, 0.1) is 17.1 Å². The molecule has 1 heterocycles. The predicted molar refractivity (Wildman–Crippen MR) is 117 cm³/mol. The maximum Gasteiger partial charge on any atom is 0.406 e. The van der Waals surface area contributed by atoms with Crippen LogP contribution >= 0.6 is 0 Å².